The number of benzene rings is 3. The lowest BCUT2D eigenvalue weighted by Gasteiger charge is -2.46. The minimum atomic E-state index is -0.298. The van der Waals surface area contributed by atoms with E-state index in [1.807, 2.05) is 18.2 Å². The minimum absolute atomic E-state index is 0.107. The van der Waals surface area contributed by atoms with Gasteiger partial charge in [-0.25, -0.2) is 0 Å². The molecule has 7 rings (SSSR count). The third-order valence-electron chi connectivity index (χ3n) is 7.33. The Balaban J connectivity index is 1.28. The molecule has 3 nitrogen and oxygen atoms in total. The van der Waals surface area contributed by atoms with Gasteiger partial charge in [-0.2, -0.15) is 0 Å². The summed E-state index contributed by atoms with van der Waals surface area (Å²) >= 11 is 0. The second-order valence-corrected chi connectivity index (χ2v) is 9.32. The molecule has 0 radical (unpaired) electrons. The van der Waals surface area contributed by atoms with E-state index in [1.54, 1.807) is 0 Å². The van der Waals surface area contributed by atoms with Gasteiger partial charge < -0.3 is 10.6 Å². The molecule has 0 aromatic heterocycles. The largest absolute Gasteiger partial charge is 0.352 e. The highest BCUT2D eigenvalue weighted by atomic mass is 16.2. The van der Waals surface area contributed by atoms with Gasteiger partial charge >= 0.3 is 0 Å². The van der Waals surface area contributed by atoms with Crippen molar-refractivity contribution in [3.8, 4) is 0 Å². The van der Waals surface area contributed by atoms with Crippen molar-refractivity contribution < 1.29 is 4.79 Å². The van der Waals surface area contributed by atoms with E-state index in [-0.39, 0.29) is 11.9 Å². The van der Waals surface area contributed by atoms with Crippen molar-refractivity contribution in [1.82, 2.24) is 10.6 Å². The van der Waals surface area contributed by atoms with Gasteiger partial charge in [0.15, 0.2) is 0 Å². The predicted molar refractivity (Wildman–Crippen MR) is 123 cm³/mol. The van der Waals surface area contributed by atoms with Crippen LogP contribution in [0.3, 0.4) is 0 Å². The summed E-state index contributed by atoms with van der Waals surface area (Å²) in [5.41, 5.74) is 6.98. The van der Waals surface area contributed by atoms with Crippen LogP contribution in [0.15, 0.2) is 78.9 Å². The van der Waals surface area contributed by atoms with Crippen molar-refractivity contribution in [3.63, 3.8) is 0 Å². The number of hydrogen-bond acceptors (Lipinski definition) is 2. The fraction of sp³-hybridized carbons (Fsp3) is 0.321. The predicted octanol–water partition coefficient (Wildman–Crippen LogP) is 4.89. The van der Waals surface area contributed by atoms with Crippen molar-refractivity contribution in [1.29, 1.82) is 0 Å². The summed E-state index contributed by atoms with van der Waals surface area (Å²) in [5, 5.41) is 6.88. The summed E-state index contributed by atoms with van der Waals surface area (Å²) in [6, 6.07) is 28.1. The van der Waals surface area contributed by atoms with Gasteiger partial charge in [0, 0.05) is 17.9 Å². The Bertz CT molecular complexity index is 1060. The van der Waals surface area contributed by atoms with Crippen molar-refractivity contribution in [2.24, 2.45) is 5.92 Å². The van der Waals surface area contributed by atoms with Crippen LogP contribution >= 0.6 is 0 Å². The number of fused-ring (bicyclic) bond motifs is 1. The molecule has 2 atom stereocenters. The first-order valence-electron chi connectivity index (χ1n) is 11.6. The highest BCUT2D eigenvalue weighted by molar-refractivity contribution is 5.83. The molecule has 0 heterocycles. The quantitative estimate of drug-likeness (QED) is 0.610. The Kier molecular flexibility index (Phi) is 4.65. The van der Waals surface area contributed by atoms with Crippen molar-refractivity contribution in [3.05, 3.63) is 107 Å². The van der Waals surface area contributed by atoms with Crippen LogP contribution in [0.25, 0.3) is 0 Å². The molecule has 3 heteroatoms. The van der Waals surface area contributed by atoms with Gasteiger partial charge in [0.2, 0.25) is 5.91 Å². The van der Waals surface area contributed by atoms with Crippen molar-refractivity contribution in [2.45, 2.75) is 43.2 Å². The van der Waals surface area contributed by atoms with Crippen LogP contribution in [0.4, 0.5) is 0 Å². The van der Waals surface area contributed by atoms with Crippen LogP contribution in [0, 0.1) is 5.92 Å². The Labute approximate surface area is 183 Å². The lowest BCUT2D eigenvalue weighted by Crippen LogP contribution is -2.43. The number of carbonyl (C=O) groups is 1. The highest BCUT2D eigenvalue weighted by Crippen LogP contribution is 2.55. The molecule has 1 amide bonds. The number of nitrogens with one attached hydrogen (secondary N) is 2. The highest BCUT2D eigenvalue weighted by Gasteiger charge is 2.43. The molecule has 2 N–H and O–H groups in total. The van der Waals surface area contributed by atoms with Gasteiger partial charge in [0.1, 0.15) is 6.04 Å². The normalized spacial score (nSPS) is 24.2. The number of hydrogen-bond donors (Lipinski definition) is 2. The molecular formula is C28H28N2O. The number of amides is 1. The fourth-order valence-electron chi connectivity index (χ4n) is 5.75. The van der Waals surface area contributed by atoms with Crippen LogP contribution in [0.2, 0.25) is 0 Å². The summed E-state index contributed by atoms with van der Waals surface area (Å²) in [6.45, 7) is 0.835. The van der Waals surface area contributed by atoms with E-state index in [2.05, 4.69) is 71.3 Å². The number of rotatable bonds is 6. The maximum absolute atomic E-state index is 13.0. The smallest absolute Gasteiger partial charge is 0.241 e. The van der Waals surface area contributed by atoms with E-state index < -0.39 is 0 Å². The van der Waals surface area contributed by atoms with Gasteiger partial charge in [-0.15, -0.1) is 0 Å². The third-order valence-corrected chi connectivity index (χ3v) is 7.33. The monoisotopic (exact) mass is 408 g/mol. The second kappa shape index (κ2) is 7.65. The van der Waals surface area contributed by atoms with Gasteiger partial charge in [0.05, 0.1) is 0 Å². The zero-order chi connectivity index (χ0) is 20.8. The summed E-state index contributed by atoms with van der Waals surface area (Å²) in [4.78, 5) is 13.0. The Morgan fingerprint density at radius 1 is 0.806 bits per heavy atom. The van der Waals surface area contributed by atoms with E-state index in [0.717, 1.165) is 31.4 Å². The molecule has 2 unspecified atom stereocenters. The first-order chi connectivity index (χ1) is 15.3. The molecular weight excluding hydrogens is 380 g/mol. The Hall–Kier alpha value is -2.91. The Morgan fingerprint density at radius 2 is 1.39 bits per heavy atom. The molecule has 31 heavy (non-hydrogen) atoms. The molecule has 0 saturated heterocycles. The van der Waals surface area contributed by atoms with Gasteiger partial charge in [0.25, 0.3) is 0 Å². The van der Waals surface area contributed by atoms with Crippen LogP contribution in [0.5, 0.6) is 0 Å². The second-order valence-electron chi connectivity index (χ2n) is 9.32. The third kappa shape index (κ3) is 3.37. The average Bonchev–Trinajstić information content (AvgIpc) is 3.64. The summed E-state index contributed by atoms with van der Waals surface area (Å²) in [7, 11) is 0. The van der Waals surface area contributed by atoms with Crippen LogP contribution in [-0.2, 0) is 4.79 Å². The van der Waals surface area contributed by atoms with Crippen LogP contribution in [0.1, 0.15) is 65.0 Å². The molecule has 0 spiro atoms. The van der Waals surface area contributed by atoms with Crippen LogP contribution < -0.4 is 10.6 Å². The average molecular weight is 409 g/mol. The maximum atomic E-state index is 13.0. The molecule has 0 aliphatic heterocycles. The van der Waals surface area contributed by atoms with Gasteiger partial charge in [-0.3, -0.25) is 4.79 Å². The first-order valence-corrected chi connectivity index (χ1v) is 11.6. The molecule has 156 valence electrons. The van der Waals surface area contributed by atoms with E-state index >= 15 is 0 Å². The van der Waals surface area contributed by atoms with Crippen molar-refractivity contribution >= 4 is 5.91 Å². The molecule has 4 aliphatic carbocycles. The molecule has 2 bridgehead atoms. The van der Waals surface area contributed by atoms with E-state index in [0.29, 0.717) is 23.8 Å². The maximum Gasteiger partial charge on any atom is 0.241 e. The van der Waals surface area contributed by atoms with E-state index in [1.165, 1.54) is 22.3 Å². The SMILES string of the molecule is O=C(NC1CC1)C(NCC1CC2c3ccccc3C1c1ccccc12)c1ccccc1. The summed E-state index contributed by atoms with van der Waals surface area (Å²) in [6.07, 6.45) is 3.35. The topological polar surface area (TPSA) is 41.1 Å². The van der Waals surface area contributed by atoms with Crippen LogP contribution in [-0.4, -0.2) is 18.5 Å². The van der Waals surface area contributed by atoms with Crippen molar-refractivity contribution in [2.75, 3.05) is 6.54 Å². The molecule has 1 saturated carbocycles. The zero-order valence-corrected chi connectivity index (χ0v) is 17.6. The lowest BCUT2D eigenvalue weighted by atomic mass is 9.59. The molecule has 4 aliphatic rings. The summed E-state index contributed by atoms with van der Waals surface area (Å²) < 4.78 is 0. The zero-order valence-electron chi connectivity index (χ0n) is 17.6. The lowest BCUT2D eigenvalue weighted by molar-refractivity contribution is -0.123. The minimum Gasteiger partial charge on any atom is -0.352 e. The molecule has 3 aromatic rings. The first kappa shape index (κ1) is 18.8. The summed E-state index contributed by atoms with van der Waals surface area (Å²) in [5.74, 6) is 1.44. The Morgan fingerprint density at radius 3 is 2.00 bits per heavy atom. The number of carbonyl (C=O) groups excluding carboxylic acids is 1. The molecule has 1 fully saturated rings. The fourth-order valence-corrected chi connectivity index (χ4v) is 5.75. The molecule has 3 aromatic carbocycles. The van der Waals surface area contributed by atoms with Gasteiger partial charge in [-0.1, -0.05) is 78.9 Å². The van der Waals surface area contributed by atoms with E-state index in [9.17, 15) is 4.79 Å². The standard InChI is InChI=1S/C28H28N2O/c31-28(30-20-14-15-20)27(18-8-2-1-3-9-18)29-17-19-16-25-21-10-4-6-12-23(21)26(19)24-13-7-5-11-22(24)25/h1-13,19-20,25-27,29H,14-17H2,(H,30,31). The van der Waals surface area contributed by atoms with E-state index in [4.69, 9.17) is 0 Å². The van der Waals surface area contributed by atoms with Gasteiger partial charge in [-0.05, 0) is 59.5 Å².